The molecule has 1 unspecified atom stereocenters. The van der Waals surface area contributed by atoms with Crippen molar-refractivity contribution in [2.24, 2.45) is 11.7 Å². The predicted molar refractivity (Wildman–Crippen MR) is 77.8 cm³/mol. The van der Waals surface area contributed by atoms with Crippen LogP contribution in [0.4, 0.5) is 0 Å². The first-order valence-corrected chi connectivity index (χ1v) is 7.66. The summed E-state index contributed by atoms with van der Waals surface area (Å²) in [5.41, 5.74) is 5.93. The number of nitrogens with zero attached hydrogens (tertiary/aromatic N) is 2. The summed E-state index contributed by atoms with van der Waals surface area (Å²) in [7, 11) is 2.18. The van der Waals surface area contributed by atoms with Gasteiger partial charge in [0.05, 0.1) is 5.54 Å². The second-order valence-corrected chi connectivity index (χ2v) is 6.88. The molecule has 0 radical (unpaired) electrons. The summed E-state index contributed by atoms with van der Waals surface area (Å²) in [5, 5.41) is 0. The van der Waals surface area contributed by atoms with Gasteiger partial charge in [-0.3, -0.25) is 4.79 Å². The van der Waals surface area contributed by atoms with Crippen molar-refractivity contribution in [3.8, 4) is 0 Å². The van der Waals surface area contributed by atoms with Crippen molar-refractivity contribution in [3.63, 3.8) is 0 Å². The number of nitrogens with two attached hydrogens (primary N) is 1. The summed E-state index contributed by atoms with van der Waals surface area (Å²) in [5.74, 6) is 1.04. The van der Waals surface area contributed by atoms with Crippen LogP contribution in [-0.4, -0.2) is 54.0 Å². The van der Waals surface area contributed by atoms with Crippen LogP contribution in [0.1, 0.15) is 46.0 Å². The molecule has 2 fully saturated rings. The number of hydrogen-bond acceptors (Lipinski definition) is 3. The summed E-state index contributed by atoms with van der Waals surface area (Å²) in [4.78, 5) is 16.8. The van der Waals surface area contributed by atoms with E-state index in [1.54, 1.807) is 0 Å². The fourth-order valence-corrected chi connectivity index (χ4v) is 3.37. The molecular weight excluding hydrogens is 238 g/mol. The van der Waals surface area contributed by atoms with Gasteiger partial charge in [0.1, 0.15) is 0 Å². The lowest BCUT2D eigenvalue weighted by molar-refractivity contribution is -0.134. The second kappa shape index (κ2) is 5.80. The topological polar surface area (TPSA) is 49.6 Å². The third-order valence-electron chi connectivity index (χ3n) is 5.17. The molecule has 0 bridgehead atoms. The van der Waals surface area contributed by atoms with Gasteiger partial charge in [0, 0.05) is 19.0 Å². The maximum atomic E-state index is 12.4. The Morgan fingerprint density at radius 3 is 2.37 bits per heavy atom. The minimum absolute atomic E-state index is 0.125. The number of carbonyl (C=O) groups excluding carboxylic acids is 1. The molecule has 1 atom stereocenters. The van der Waals surface area contributed by atoms with Gasteiger partial charge in [0.2, 0.25) is 5.91 Å². The van der Waals surface area contributed by atoms with Crippen molar-refractivity contribution >= 4 is 5.91 Å². The van der Waals surface area contributed by atoms with E-state index in [4.69, 9.17) is 5.73 Å². The van der Waals surface area contributed by atoms with Crippen molar-refractivity contribution in [2.75, 3.05) is 26.7 Å². The quantitative estimate of drug-likeness (QED) is 0.842. The number of likely N-dealkylation sites (tertiary alicyclic amines) is 2. The maximum absolute atomic E-state index is 12.4. The summed E-state index contributed by atoms with van der Waals surface area (Å²) in [6.45, 7) is 7.38. The van der Waals surface area contributed by atoms with Gasteiger partial charge in [-0.15, -0.1) is 0 Å². The zero-order valence-electron chi connectivity index (χ0n) is 12.7. The highest BCUT2D eigenvalue weighted by Gasteiger charge is 2.41. The van der Waals surface area contributed by atoms with E-state index in [-0.39, 0.29) is 11.6 Å². The van der Waals surface area contributed by atoms with Crippen LogP contribution in [0, 0.1) is 5.92 Å². The van der Waals surface area contributed by atoms with Gasteiger partial charge in [-0.05, 0) is 65.6 Å². The van der Waals surface area contributed by atoms with Crippen molar-refractivity contribution in [1.82, 2.24) is 9.80 Å². The average molecular weight is 267 g/mol. The molecule has 0 aromatic carbocycles. The summed E-state index contributed by atoms with van der Waals surface area (Å²) >= 11 is 0. The van der Waals surface area contributed by atoms with Crippen LogP contribution in [0.25, 0.3) is 0 Å². The van der Waals surface area contributed by atoms with E-state index < -0.39 is 0 Å². The van der Waals surface area contributed by atoms with Gasteiger partial charge in [0.25, 0.3) is 0 Å². The smallest absolute Gasteiger partial charge is 0.223 e. The predicted octanol–water partition coefficient (Wildman–Crippen LogP) is 1.45. The van der Waals surface area contributed by atoms with Crippen molar-refractivity contribution in [1.29, 1.82) is 0 Å². The van der Waals surface area contributed by atoms with Gasteiger partial charge in [0.15, 0.2) is 0 Å². The highest BCUT2D eigenvalue weighted by molar-refractivity contribution is 5.77. The van der Waals surface area contributed by atoms with Gasteiger partial charge < -0.3 is 15.5 Å². The van der Waals surface area contributed by atoms with Crippen LogP contribution < -0.4 is 5.73 Å². The van der Waals surface area contributed by atoms with Crippen LogP contribution >= 0.6 is 0 Å². The summed E-state index contributed by atoms with van der Waals surface area (Å²) in [6.07, 6.45) is 5.17. The number of piperidine rings is 1. The molecule has 2 aliphatic heterocycles. The molecule has 0 aromatic heterocycles. The molecule has 2 aliphatic rings. The standard InChI is InChI=1S/C15H29N3O/c1-15(2)13(16)8-11-18(15)14(19)5-4-12-6-9-17(3)10-7-12/h12-13H,4-11,16H2,1-3H3. The molecule has 2 heterocycles. The summed E-state index contributed by atoms with van der Waals surface area (Å²) < 4.78 is 0. The van der Waals surface area contributed by atoms with E-state index in [2.05, 4.69) is 25.8 Å². The zero-order chi connectivity index (χ0) is 14.0. The minimum atomic E-state index is -0.163. The Kier molecular flexibility index (Phi) is 4.51. The molecule has 0 spiro atoms. The molecular formula is C15H29N3O. The molecule has 2 N–H and O–H groups in total. The SMILES string of the molecule is CN1CCC(CCC(=O)N2CCC(N)C2(C)C)CC1. The molecule has 110 valence electrons. The molecule has 4 nitrogen and oxygen atoms in total. The molecule has 2 saturated heterocycles. The Bertz CT molecular complexity index is 321. The zero-order valence-corrected chi connectivity index (χ0v) is 12.7. The number of rotatable bonds is 3. The van der Waals surface area contributed by atoms with Gasteiger partial charge in [-0.2, -0.15) is 0 Å². The number of carbonyl (C=O) groups is 1. The fourth-order valence-electron chi connectivity index (χ4n) is 3.37. The third kappa shape index (κ3) is 3.29. The lowest BCUT2D eigenvalue weighted by Crippen LogP contribution is -2.51. The normalized spacial score (nSPS) is 28.8. The molecule has 19 heavy (non-hydrogen) atoms. The van der Waals surface area contributed by atoms with Gasteiger partial charge in [-0.1, -0.05) is 0 Å². The first kappa shape index (κ1) is 14.8. The Balaban J connectivity index is 1.79. The number of amides is 1. The van der Waals surface area contributed by atoms with E-state index in [1.165, 1.54) is 25.9 Å². The number of hydrogen-bond donors (Lipinski definition) is 1. The van der Waals surface area contributed by atoms with Crippen LogP contribution in [0.3, 0.4) is 0 Å². The lowest BCUT2D eigenvalue weighted by atomic mass is 9.91. The largest absolute Gasteiger partial charge is 0.336 e. The summed E-state index contributed by atoms with van der Waals surface area (Å²) in [6, 6.07) is 0.125. The first-order valence-electron chi connectivity index (χ1n) is 7.66. The van der Waals surface area contributed by atoms with Crippen LogP contribution in [0.2, 0.25) is 0 Å². The minimum Gasteiger partial charge on any atom is -0.336 e. The Morgan fingerprint density at radius 2 is 1.84 bits per heavy atom. The Morgan fingerprint density at radius 1 is 1.21 bits per heavy atom. The van der Waals surface area contributed by atoms with Crippen LogP contribution in [0.15, 0.2) is 0 Å². The highest BCUT2D eigenvalue weighted by atomic mass is 16.2. The highest BCUT2D eigenvalue weighted by Crippen LogP contribution is 2.29. The van der Waals surface area contributed by atoms with Crippen molar-refractivity contribution < 1.29 is 4.79 Å². The van der Waals surface area contributed by atoms with Crippen molar-refractivity contribution in [2.45, 2.75) is 57.5 Å². The second-order valence-electron chi connectivity index (χ2n) is 6.88. The van der Waals surface area contributed by atoms with E-state index in [1.807, 2.05) is 4.90 Å². The Hall–Kier alpha value is -0.610. The van der Waals surface area contributed by atoms with E-state index in [0.717, 1.165) is 25.3 Å². The molecule has 0 saturated carbocycles. The van der Waals surface area contributed by atoms with E-state index in [0.29, 0.717) is 12.3 Å². The lowest BCUT2D eigenvalue weighted by Gasteiger charge is -2.35. The molecule has 0 aromatic rings. The molecule has 4 heteroatoms. The van der Waals surface area contributed by atoms with Crippen LogP contribution in [0.5, 0.6) is 0 Å². The van der Waals surface area contributed by atoms with Gasteiger partial charge in [-0.25, -0.2) is 0 Å². The third-order valence-corrected chi connectivity index (χ3v) is 5.17. The molecule has 2 rings (SSSR count). The fraction of sp³-hybridized carbons (Fsp3) is 0.933. The monoisotopic (exact) mass is 267 g/mol. The van der Waals surface area contributed by atoms with E-state index in [9.17, 15) is 4.79 Å². The van der Waals surface area contributed by atoms with E-state index >= 15 is 0 Å². The maximum Gasteiger partial charge on any atom is 0.223 e. The molecule has 0 aliphatic carbocycles. The average Bonchev–Trinajstić information content (AvgIpc) is 2.63. The van der Waals surface area contributed by atoms with Gasteiger partial charge >= 0.3 is 0 Å². The Labute approximate surface area is 117 Å². The first-order chi connectivity index (χ1) is 8.91. The molecule has 1 amide bonds. The van der Waals surface area contributed by atoms with Crippen LogP contribution in [-0.2, 0) is 4.79 Å². The van der Waals surface area contributed by atoms with Crippen molar-refractivity contribution in [3.05, 3.63) is 0 Å².